The van der Waals surface area contributed by atoms with Gasteiger partial charge in [-0.15, -0.1) is 0 Å². The number of nitrogens with zero attached hydrogens (tertiary/aromatic N) is 2. The first-order valence-electron chi connectivity index (χ1n) is 6.44. The number of halogens is 1. The van der Waals surface area contributed by atoms with Crippen LogP contribution in [0.3, 0.4) is 0 Å². The second-order valence-electron chi connectivity index (χ2n) is 5.03. The second kappa shape index (κ2) is 5.82. The lowest BCUT2D eigenvalue weighted by Gasteiger charge is -2.40. The summed E-state index contributed by atoms with van der Waals surface area (Å²) in [5, 5.41) is 0. The highest BCUT2D eigenvalue weighted by Gasteiger charge is 2.26. The maximum absolute atomic E-state index is 2.74. The molecule has 3 heteroatoms. The Kier molecular flexibility index (Phi) is 4.70. The largest absolute Gasteiger partial charge is 0.298 e. The van der Waals surface area contributed by atoms with Crippen molar-refractivity contribution < 1.29 is 0 Å². The van der Waals surface area contributed by atoms with E-state index in [4.69, 9.17) is 0 Å². The Bertz CT molecular complexity index is 182. The molecule has 1 heterocycles. The highest BCUT2D eigenvalue weighted by Crippen LogP contribution is 2.29. The molecule has 1 saturated heterocycles. The zero-order chi connectivity index (χ0) is 10.7. The van der Waals surface area contributed by atoms with E-state index >= 15 is 0 Å². The normalized spacial score (nSPS) is 35.6. The van der Waals surface area contributed by atoms with Crippen molar-refractivity contribution in [2.45, 2.75) is 45.1 Å². The maximum atomic E-state index is 2.74. The van der Waals surface area contributed by atoms with Gasteiger partial charge in [-0.2, -0.15) is 0 Å². The van der Waals surface area contributed by atoms with E-state index in [2.05, 4.69) is 37.8 Å². The summed E-state index contributed by atoms with van der Waals surface area (Å²) in [6.07, 6.45) is 7.27. The molecular weight excluding hydrogens is 299 g/mol. The van der Waals surface area contributed by atoms with Gasteiger partial charge in [-0.1, -0.05) is 13.3 Å². The monoisotopic (exact) mass is 322 g/mol. The molecule has 0 N–H and O–H groups in total. The number of hydrogen-bond acceptors (Lipinski definition) is 2. The average Bonchev–Trinajstić information content (AvgIpc) is 2.30. The van der Waals surface area contributed by atoms with Crippen LogP contribution in [0.2, 0.25) is 0 Å². The van der Waals surface area contributed by atoms with E-state index in [0.717, 1.165) is 12.0 Å². The van der Waals surface area contributed by atoms with E-state index in [1.807, 2.05) is 0 Å². The first kappa shape index (κ1) is 12.1. The van der Waals surface area contributed by atoms with E-state index in [9.17, 15) is 0 Å². The van der Waals surface area contributed by atoms with Gasteiger partial charge < -0.3 is 0 Å². The van der Waals surface area contributed by atoms with Crippen LogP contribution in [0, 0.1) is 5.92 Å². The Morgan fingerprint density at radius 2 is 1.60 bits per heavy atom. The molecule has 88 valence electrons. The first-order chi connectivity index (χ1) is 7.29. The first-order valence-corrected chi connectivity index (χ1v) is 7.41. The zero-order valence-electron chi connectivity index (χ0n) is 9.79. The molecule has 2 fully saturated rings. The van der Waals surface area contributed by atoms with Gasteiger partial charge in [0, 0.05) is 55.1 Å². The second-order valence-corrected chi connectivity index (χ2v) is 6.39. The van der Waals surface area contributed by atoms with Gasteiger partial charge in [0.15, 0.2) is 0 Å². The summed E-state index contributed by atoms with van der Waals surface area (Å²) in [4.78, 5) is 2.74. The van der Waals surface area contributed by atoms with Crippen molar-refractivity contribution in [3.63, 3.8) is 0 Å². The van der Waals surface area contributed by atoms with Gasteiger partial charge in [0.1, 0.15) is 0 Å². The van der Waals surface area contributed by atoms with Crippen LogP contribution in [0.15, 0.2) is 0 Å². The van der Waals surface area contributed by atoms with Gasteiger partial charge in [-0.25, -0.2) is 3.11 Å². The van der Waals surface area contributed by atoms with Crippen LogP contribution in [0.4, 0.5) is 0 Å². The molecule has 0 amide bonds. The summed E-state index contributed by atoms with van der Waals surface area (Å²) in [7, 11) is 0. The molecule has 0 aromatic carbocycles. The lowest BCUT2D eigenvalue weighted by atomic mass is 9.84. The van der Waals surface area contributed by atoms with E-state index in [1.54, 1.807) is 0 Å². The number of hydrogen-bond donors (Lipinski definition) is 0. The summed E-state index contributed by atoms with van der Waals surface area (Å²) in [6, 6.07) is 0.915. The van der Waals surface area contributed by atoms with Crippen LogP contribution in [-0.2, 0) is 0 Å². The van der Waals surface area contributed by atoms with Gasteiger partial charge in [0.25, 0.3) is 0 Å². The molecule has 0 aromatic heterocycles. The van der Waals surface area contributed by atoms with Gasteiger partial charge in [-0.05, 0) is 31.6 Å². The molecule has 2 nitrogen and oxygen atoms in total. The van der Waals surface area contributed by atoms with Gasteiger partial charge in [-0.3, -0.25) is 4.90 Å². The third kappa shape index (κ3) is 3.30. The minimum absolute atomic E-state index is 0.915. The molecule has 0 atom stereocenters. The highest BCUT2D eigenvalue weighted by atomic mass is 127. The highest BCUT2D eigenvalue weighted by molar-refractivity contribution is 14.1. The van der Waals surface area contributed by atoms with Gasteiger partial charge in [0.05, 0.1) is 0 Å². The lowest BCUT2D eigenvalue weighted by molar-refractivity contribution is 0.105. The molecule has 0 radical (unpaired) electrons. The molecule has 2 rings (SSSR count). The Morgan fingerprint density at radius 1 is 1.00 bits per heavy atom. The summed E-state index contributed by atoms with van der Waals surface area (Å²) < 4.78 is 2.42. The fourth-order valence-corrected chi connectivity index (χ4v) is 3.41. The van der Waals surface area contributed by atoms with Crippen molar-refractivity contribution in [3.8, 4) is 0 Å². The fraction of sp³-hybridized carbons (Fsp3) is 1.00. The van der Waals surface area contributed by atoms with Crippen molar-refractivity contribution in [1.82, 2.24) is 8.01 Å². The molecule has 1 aliphatic carbocycles. The van der Waals surface area contributed by atoms with E-state index in [-0.39, 0.29) is 0 Å². The lowest BCUT2D eigenvalue weighted by Crippen LogP contribution is -2.48. The van der Waals surface area contributed by atoms with Crippen molar-refractivity contribution in [1.29, 1.82) is 0 Å². The molecule has 0 bridgehead atoms. The van der Waals surface area contributed by atoms with E-state index in [1.165, 1.54) is 58.3 Å². The topological polar surface area (TPSA) is 6.48 Å². The Morgan fingerprint density at radius 3 is 2.13 bits per heavy atom. The van der Waals surface area contributed by atoms with Crippen LogP contribution in [0.5, 0.6) is 0 Å². The van der Waals surface area contributed by atoms with Crippen LogP contribution < -0.4 is 0 Å². The van der Waals surface area contributed by atoms with Crippen LogP contribution in [0.1, 0.15) is 39.0 Å². The van der Waals surface area contributed by atoms with Gasteiger partial charge in [0.2, 0.25) is 0 Å². The Labute approximate surface area is 108 Å². The van der Waals surface area contributed by atoms with Crippen LogP contribution in [0.25, 0.3) is 0 Å². The summed E-state index contributed by atoms with van der Waals surface area (Å²) in [6.45, 7) is 7.46. The molecule has 0 spiro atoms. The van der Waals surface area contributed by atoms with Crippen molar-refractivity contribution in [2.75, 3.05) is 26.2 Å². The van der Waals surface area contributed by atoms with Crippen molar-refractivity contribution in [2.24, 2.45) is 5.92 Å². The van der Waals surface area contributed by atoms with Crippen LogP contribution >= 0.6 is 22.9 Å². The fourth-order valence-electron chi connectivity index (χ4n) is 2.98. The SMILES string of the molecule is CC[C@H]1CC[C@H](N2CCN(I)CC2)CC1. The summed E-state index contributed by atoms with van der Waals surface area (Å²) in [5.41, 5.74) is 0. The summed E-state index contributed by atoms with van der Waals surface area (Å²) in [5.74, 6) is 1.03. The standard InChI is InChI=1S/C12H23IN2/c1-2-11-3-5-12(6-4-11)14-7-9-15(13)10-8-14/h11-12H,2-10H2,1H3/t11-,12-. The molecular formula is C12H23IN2. The zero-order valence-corrected chi connectivity index (χ0v) is 11.9. The number of piperazine rings is 1. The smallest absolute Gasteiger partial charge is 0.0209 e. The van der Waals surface area contributed by atoms with Gasteiger partial charge >= 0.3 is 0 Å². The molecule has 2 aliphatic rings. The molecule has 1 aliphatic heterocycles. The van der Waals surface area contributed by atoms with E-state index < -0.39 is 0 Å². The predicted molar refractivity (Wildman–Crippen MR) is 73.2 cm³/mol. The molecule has 0 aromatic rings. The van der Waals surface area contributed by atoms with Crippen molar-refractivity contribution in [3.05, 3.63) is 0 Å². The predicted octanol–water partition coefficient (Wildman–Crippen LogP) is 2.92. The van der Waals surface area contributed by atoms with Crippen LogP contribution in [-0.4, -0.2) is 40.2 Å². The number of rotatable bonds is 2. The minimum Gasteiger partial charge on any atom is -0.298 e. The average molecular weight is 322 g/mol. The molecule has 1 saturated carbocycles. The minimum atomic E-state index is 0.915. The molecule has 15 heavy (non-hydrogen) atoms. The third-order valence-corrected chi connectivity index (χ3v) is 5.13. The third-order valence-electron chi connectivity index (χ3n) is 4.17. The maximum Gasteiger partial charge on any atom is 0.0209 e. The Hall–Kier alpha value is 0.650. The van der Waals surface area contributed by atoms with E-state index in [0.29, 0.717) is 0 Å². The molecule has 0 unspecified atom stereocenters. The summed E-state index contributed by atoms with van der Waals surface area (Å²) >= 11 is 2.45. The Balaban J connectivity index is 1.75. The van der Waals surface area contributed by atoms with Crippen molar-refractivity contribution >= 4 is 22.9 Å². The quantitative estimate of drug-likeness (QED) is 0.570.